The molecule has 162 valence electrons. The Morgan fingerprint density at radius 3 is 2.32 bits per heavy atom. The number of amides is 1. The molecule has 4 rings (SSSR count). The van der Waals surface area contributed by atoms with Crippen molar-refractivity contribution in [2.24, 2.45) is 0 Å². The summed E-state index contributed by atoms with van der Waals surface area (Å²) in [5, 5.41) is 4.39. The number of para-hydroxylation sites is 1. The number of hydrogen-bond acceptors (Lipinski definition) is 4. The number of sulfonamides is 1. The standard InChI is InChI=1S/C21H20F2N4O3S/c1-15-13-19(24-27(15)17-5-3-2-4-6-17)21(28)25-9-11-26(12-10-25)31(29,30)20-14-16(22)7-8-18(20)23/h2-8,13-14H,9-12H2,1H3. The van der Waals surface area contributed by atoms with E-state index >= 15 is 0 Å². The molecule has 2 heterocycles. The van der Waals surface area contributed by atoms with Crippen LogP contribution in [-0.4, -0.2) is 59.5 Å². The molecule has 0 radical (unpaired) electrons. The highest BCUT2D eigenvalue weighted by Crippen LogP contribution is 2.22. The number of carbonyl (C=O) groups excluding carboxylic acids is 1. The Morgan fingerprint density at radius 2 is 1.65 bits per heavy atom. The maximum Gasteiger partial charge on any atom is 0.274 e. The molecular formula is C21H20F2N4O3S. The lowest BCUT2D eigenvalue weighted by molar-refractivity contribution is 0.0691. The van der Waals surface area contributed by atoms with E-state index in [2.05, 4.69) is 5.10 Å². The summed E-state index contributed by atoms with van der Waals surface area (Å²) >= 11 is 0. The summed E-state index contributed by atoms with van der Waals surface area (Å²) in [5.74, 6) is -2.16. The Morgan fingerprint density at radius 1 is 0.968 bits per heavy atom. The minimum Gasteiger partial charge on any atom is -0.335 e. The number of benzene rings is 2. The number of piperazine rings is 1. The van der Waals surface area contributed by atoms with Gasteiger partial charge in [0.25, 0.3) is 5.91 Å². The minimum atomic E-state index is -4.21. The van der Waals surface area contributed by atoms with Crippen LogP contribution in [-0.2, 0) is 10.0 Å². The van der Waals surface area contributed by atoms with Crippen LogP contribution >= 0.6 is 0 Å². The van der Waals surface area contributed by atoms with Gasteiger partial charge in [-0.1, -0.05) is 18.2 Å². The molecule has 1 amide bonds. The Balaban J connectivity index is 1.48. The van der Waals surface area contributed by atoms with Crippen LogP contribution in [0.15, 0.2) is 59.5 Å². The van der Waals surface area contributed by atoms with Gasteiger partial charge in [-0.3, -0.25) is 4.79 Å². The predicted octanol–water partition coefficient (Wildman–Crippen LogP) is 2.61. The molecule has 1 aliphatic rings. The summed E-state index contributed by atoms with van der Waals surface area (Å²) in [7, 11) is -4.21. The van der Waals surface area contributed by atoms with Gasteiger partial charge >= 0.3 is 0 Å². The van der Waals surface area contributed by atoms with E-state index in [1.165, 1.54) is 4.90 Å². The van der Waals surface area contributed by atoms with Gasteiger partial charge in [0.2, 0.25) is 10.0 Å². The monoisotopic (exact) mass is 446 g/mol. The van der Waals surface area contributed by atoms with Gasteiger partial charge in [-0.15, -0.1) is 0 Å². The molecule has 2 aromatic carbocycles. The Labute approximate surface area is 178 Å². The summed E-state index contributed by atoms with van der Waals surface area (Å²) < 4.78 is 55.6. The lowest BCUT2D eigenvalue weighted by atomic mass is 10.3. The lowest BCUT2D eigenvalue weighted by Crippen LogP contribution is -2.50. The molecule has 0 bridgehead atoms. The third kappa shape index (κ3) is 4.08. The van der Waals surface area contributed by atoms with Gasteiger partial charge in [-0.25, -0.2) is 21.9 Å². The second kappa shape index (κ2) is 8.20. The van der Waals surface area contributed by atoms with E-state index in [9.17, 15) is 22.0 Å². The molecule has 1 saturated heterocycles. The molecule has 0 saturated carbocycles. The molecule has 0 unspecified atom stereocenters. The fraction of sp³-hybridized carbons (Fsp3) is 0.238. The largest absolute Gasteiger partial charge is 0.335 e. The fourth-order valence-corrected chi connectivity index (χ4v) is 5.02. The van der Waals surface area contributed by atoms with Gasteiger partial charge in [-0.05, 0) is 43.3 Å². The summed E-state index contributed by atoms with van der Waals surface area (Å²) in [5.41, 5.74) is 1.87. The normalized spacial score (nSPS) is 15.3. The van der Waals surface area contributed by atoms with E-state index in [0.717, 1.165) is 27.8 Å². The van der Waals surface area contributed by atoms with Crippen molar-refractivity contribution in [1.29, 1.82) is 0 Å². The second-order valence-electron chi connectivity index (χ2n) is 7.19. The van der Waals surface area contributed by atoms with Crippen LogP contribution in [0.2, 0.25) is 0 Å². The van der Waals surface area contributed by atoms with Crippen molar-refractivity contribution in [3.05, 3.63) is 77.6 Å². The average Bonchev–Trinajstić information content (AvgIpc) is 3.17. The van der Waals surface area contributed by atoms with E-state index in [1.54, 1.807) is 10.7 Å². The first-order valence-corrected chi connectivity index (χ1v) is 11.1. The highest BCUT2D eigenvalue weighted by molar-refractivity contribution is 7.89. The number of aromatic nitrogens is 2. The molecule has 1 aromatic heterocycles. The molecule has 10 heteroatoms. The number of aryl methyl sites for hydroxylation is 1. The van der Waals surface area contributed by atoms with Crippen molar-refractivity contribution in [3.8, 4) is 5.69 Å². The summed E-state index contributed by atoms with van der Waals surface area (Å²) in [6.07, 6.45) is 0. The molecule has 1 fully saturated rings. The zero-order valence-electron chi connectivity index (χ0n) is 16.7. The summed E-state index contributed by atoms with van der Waals surface area (Å²) in [4.78, 5) is 13.7. The van der Waals surface area contributed by atoms with Gasteiger partial charge in [0.15, 0.2) is 5.69 Å². The van der Waals surface area contributed by atoms with Crippen LogP contribution in [0, 0.1) is 18.6 Å². The predicted molar refractivity (Wildman–Crippen MR) is 109 cm³/mol. The van der Waals surface area contributed by atoms with Crippen molar-refractivity contribution >= 4 is 15.9 Å². The van der Waals surface area contributed by atoms with Crippen molar-refractivity contribution < 1.29 is 22.0 Å². The second-order valence-corrected chi connectivity index (χ2v) is 9.10. The van der Waals surface area contributed by atoms with Crippen molar-refractivity contribution in [1.82, 2.24) is 19.0 Å². The third-order valence-corrected chi connectivity index (χ3v) is 7.06. The molecule has 7 nitrogen and oxygen atoms in total. The first-order valence-electron chi connectivity index (χ1n) is 9.64. The zero-order chi connectivity index (χ0) is 22.2. The van der Waals surface area contributed by atoms with Crippen LogP contribution < -0.4 is 0 Å². The SMILES string of the molecule is Cc1cc(C(=O)N2CCN(S(=O)(=O)c3cc(F)ccc3F)CC2)nn1-c1ccccc1. The molecule has 0 spiro atoms. The van der Waals surface area contributed by atoms with Crippen LogP contribution in [0.25, 0.3) is 5.69 Å². The Kier molecular flexibility index (Phi) is 5.59. The highest BCUT2D eigenvalue weighted by atomic mass is 32.2. The van der Waals surface area contributed by atoms with E-state index < -0.39 is 26.6 Å². The minimum absolute atomic E-state index is 0.0254. The summed E-state index contributed by atoms with van der Waals surface area (Å²) in [6, 6.07) is 13.4. The van der Waals surface area contributed by atoms with Gasteiger partial charge in [0.1, 0.15) is 16.5 Å². The molecule has 1 aliphatic heterocycles. The van der Waals surface area contributed by atoms with E-state index in [0.29, 0.717) is 6.07 Å². The molecular weight excluding hydrogens is 426 g/mol. The number of carbonyl (C=O) groups is 1. The maximum absolute atomic E-state index is 14.0. The van der Waals surface area contributed by atoms with Crippen molar-refractivity contribution in [2.45, 2.75) is 11.8 Å². The Hall–Kier alpha value is -3.11. The topological polar surface area (TPSA) is 75.5 Å². The number of halogens is 2. The maximum atomic E-state index is 14.0. The first-order chi connectivity index (χ1) is 14.8. The van der Waals surface area contributed by atoms with E-state index in [-0.39, 0.29) is 37.8 Å². The smallest absolute Gasteiger partial charge is 0.274 e. The fourth-order valence-electron chi connectivity index (χ4n) is 3.52. The quantitative estimate of drug-likeness (QED) is 0.618. The summed E-state index contributed by atoms with van der Waals surface area (Å²) in [6.45, 7) is 2.03. The van der Waals surface area contributed by atoms with Gasteiger partial charge in [-0.2, -0.15) is 9.40 Å². The molecule has 3 aromatic rings. The van der Waals surface area contributed by atoms with Gasteiger partial charge in [0, 0.05) is 31.9 Å². The number of hydrogen-bond donors (Lipinski definition) is 0. The van der Waals surface area contributed by atoms with Gasteiger partial charge < -0.3 is 4.90 Å². The lowest BCUT2D eigenvalue weighted by Gasteiger charge is -2.33. The highest BCUT2D eigenvalue weighted by Gasteiger charge is 2.33. The van der Waals surface area contributed by atoms with Crippen molar-refractivity contribution in [3.63, 3.8) is 0 Å². The zero-order valence-corrected chi connectivity index (χ0v) is 17.5. The average molecular weight is 446 g/mol. The van der Waals surface area contributed by atoms with Crippen LogP contribution in [0.1, 0.15) is 16.2 Å². The molecule has 0 aliphatic carbocycles. The van der Waals surface area contributed by atoms with Crippen LogP contribution in [0.4, 0.5) is 8.78 Å². The molecule has 0 N–H and O–H groups in total. The molecule has 31 heavy (non-hydrogen) atoms. The van der Waals surface area contributed by atoms with E-state index in [1.807, 2.05) is 37.3 Å². The Bertz CT molecular complexity index is 1220. The van der Waals surface area contributed by atoms with Crippen molar-refractivity contribution in [2.75, 3.05) is 26.2 Å². The first kappa shape index (κ1) is 21.1. The number of nitrogens with zero attached hydrogens (tertiary/aromatic N) is 4. The van der Waals surface area contributed by atoms with Crippen LogP contribution in [0.5, 0.6) is 0 Å². The van der Waals surface area contributed by atoms with Gasteiger partial charge in [0.05, 0.1) is 5.69 Å². The number of rotatable bonds is 4. The van der Waals surface area contributed by atoms with Crippen LogP contribution in [0.3, 0.4) is 0 Å². The molecule has 0 atom stereocenters. The van der Waals surface area contributed by atoms with E-state index in [4.69, 9.17) is 0 Å². The third-order valence-electron chi connectivity index (χ3n) is 5.14.